The highest BCUT2D eigenvalue weighted by atomic mass is 16.2. The quantitative estimate of drug-likeness (QED) is 0.560. The number of Topliss-reactive ketones (excluding diaryl/α,β-unsaturated/α-hetero) is 2. The molecule has 0 amide bonds. The van der Waals surface area contributed by atoms with Gasteiger partial charge in [0.15, 0.2) is 11.6 Å². The molecule has 0 heterocycles. The van der Waals surface area contributed by atoms with E-state index in [0.717, 1.165) is 5.69 Å². The number of hydrazine groups is 1. The number of ketones is 2. The second-order valence-corrected chi connectivity index (χ2v) is 3.29. The normalized spacial score (nSPS) is 10.1. The van der Waals surface area contributed by atoms with Crippen molar-refractivity contribution < 1.29 is 9.59 Å². The molecule has 0 aliphatic carbocycles. The Morgan fingerprint density at radius 3 is 2.07 bits per heavy atom. The first-order valence-electron chi connectivity index (χ1n) is 4.68. The number of nitrogens with one attached hydrogen (secondary N) is 2. The lowest BCUT2D eigenvalue weighted by Gasteiger charge is -2.14. The van der Waals surface area contributed by atoms with Crippen LogP contribution < -0.4 is 10.9 Å². The van der Waals surface area contributed by atoms with Gasteiger partial charge in [0.2, 0.25) is 0 Å². The van der Waals surface area contributed by atoms with Gasteiger partial charge in [-0.25, -0.2) is 5.43 Å². The van der Waals surface area contributed by atoms with Gasteiger partial charge in [0.1, 0.15) is 6.04 Å². The van der Waals surface area contributed by atoms with E-state index in [0.29, 0.717) is 0 Å². The Morgan fingerprint density at radius 1 is 1.07 bits per heavy atom. The number of carbonyl (C=O) groups is 2. The fourth-order valence-corrected chi connectivity index (χ4v) is 1.17. The summed E-state index contributed by atoms with van der Waals surface area (Å²) in [7, 11) is 0. The average molecular weight is 206 g/mol. The highest BCUT2D eigenvalue weighted by molar-refractivity contribution is 6.04. The molecule has 0 fully saturated rings. The van der Waals surface area contributed by atoms with Gasteiger partial charge in [-0.2, -0.15) is 0 Å². The largest absolute Gasteiger partial charge is 0.320 e. The summed E-state index contributed by atoms with van der Waals surface area (Å²) in [5, 5.41) is 0. The zero-order valence-electron chi connectivity index (χ0n) is 8.78. The van der Waals surface area contributed by atoms with E-state index in [1.165, 1.54) is 13.8 Å². The van der Waals surface area contributed by atoms with Crippen LogP contribution in [-0.4, -0.2) is 17.6 Å². The summed E-state index contributed by atoms with van der Waals surface area (Å²) in [5.74, 6) is -0.406. The van der Waals surface area contributed by atoms with Crippen LogP contribution in [0.25, 0.3) is 0 Å². The first-order chi connectivity index (χ1) is 7.11. The van der Waals surface area contributed by atoms with Crippen LogP contribution in [0.1, 0.15) is 13.8 Å². The Hall–Kier alpha value is -1.68. The number of benzene rings is 1. The van der Waals surface area contributed by atoms with E-state index in [1.54, 1.807) is 0 Å². The minimum absolute atomic E-state index is 0.203. The molecule has 4 heteroatoms. The van der Waals surface area contributed by atoms with Crippen molar-refractivity contribution >= 4 is 17.3 Å². The molecule has 15 heavy (non-hydrogen) atoms. The molecule has 0 saturated carbocycles. The maximum absolute atomic E-state index is 11.1. The second kappa shape index (κ2) is 5.26. The van der Waals surface area contributed by atoms with Gasteiger partial charge in [-0.05, 0) is 26.0 Å². The van der Waals surface area contributed by atoms with Crippen LogP contribution in [0.5, 0.6) is 0 Å². The van der Waals surface area contributed by atoms with Crippen molar-refractivity contribution in [3.63, 3.8) is 0 Å². The molecule has 0 atom stereocenters. The molecule has 80 valence electrons. The van der Waals surface area contributed by atoms with Crippen LogP contribution in [0.3, 0.4) is 0 Å². The summed E-state index contributed by atoms with van der Waals surface area (Å²) in [6.45, 7) is 2.76. The SMILES string of the molecule is CC(=O)C(NNc1ccccc1)C(C)=O. The monoisotopic (exact) mass is 206 g/mol. The van der Waals surface area contributed by atoms with Crippen molar-refractivity contribution in [2.24, 2.45) is 0 Å². The van der Waals surface area contributed by atoms with Crippen molar-refractivity contribution in [1.29, 1.82) is 0 Å². The van der Waals surface area contributed by atoms with Crippen LogP contribution in [0.4, 0.5) is 5.69 Å². The zero-order chi connectivity index (χ0) is 11.3. The molecular formula is C11H14N2O2. The van der Waals surface area contributed by atoms with Gasteiger partial charge in [-0.3, -0.25) is 9.59 Å². The summed E-state index contributed by atoms with van der Waals surface area (Å²) in [5.41, 5.74) is 6.31. The molecule has 0 radical (unpaired) electrons. The minimum atomic E-state index is -0.787. The highest BCUT2D eigenvalue weighted by Crippen LogP contribution is 2.03. The van der Waals surface area contributed by atoms with Crippen molar-refractivity contribution in [1.82, 2.24) is 5.43 Å². The fourth-order valence-electron chi connectivity index (χ4n) is 1.17. The molecule has 4 nitrogen and oxygen atoms in total. The van der Waals surface area contributed by atoms with Gasteiger partial charge in [-0.15, -0.1) is 0 Å². The van der Waals surface area contributed by atoms with Crippen molar-refractivity contribution in [2.45, 2.75) is 19.9 Å². The lowest BCUT2D eigenvalue weighted by molar-refractivity contribution is -0.127. The summed E-state index contributed by atoms with van der Waals surface area (Å²) >= 11 is 0. The molecule has 0 saturated heterocycles. The Morgan fingerprint density at radius 2 is 1.60 bits per heavy atom. The summed E-state index contributed by atoms with van der Waals surface area (Å²) in [6.07, 6.45) is 0. The van der Waals surface area contributed by atoms with E-state index in [-0.39, 0.29) is 11.6 Å². The molecule has 1 aromatic carbocycles. The fraction of sp³-hybridized carbons (Fsp3) is 0.273. The first kappa shape index (κ1) is 11.4. The molecule has 2 N–H and O–H groups in total. The zero-order valence-corrected chi connectivity index (χ0v) is 8.78. The molecule has 1 aromatic rings. The maximum Gasteiger partial charge on any atom is 0.156 e. The first-order valence-corrected chi connectivity index (χ1v) is 4.68. The van der Waals surface area contributed by atoms with Crippen LogP contribution in [0, 0.1) is 0 Å². The standard InChI is InChI=1S/C11H14N2O2/c1-8(14)11(9(2)15)13-12-10-6-4-3-5-7-10/h3-7,11-13H,1-2H3. The third kappa shape index (κ3) is 3.52. The van der Waals surface area contributed by atoms with Gasteiger partial charge < -0.3 is 5.43 Å². The average Bonchev–Trinajstić information content (AvgIpc) is 2.18. The molecule has 0 aromatic heterocycles. The molecule has 1 rings (SSSR count). The van der Waals surface area contributed by atoms with E-state index >= 15 is 0 Å². The molecule has 0 aliphatic rings. The predicted molar refractivity (Wildman–Crippen MR) is 58.4 cm³/mol. The topological polar surface area (TPSA) is 58.2 Å². The number of para-hydroxylation sites is 1. The van der Waals surface area contributed by atoms with Gasteiger partial charge in [0.05, 0.1) is 0 Å². The number of carbonyl (C=O) groups excluding carboxylic acids is 2. The molecule has 0 aliphatic heterocycles. The van der Waals surface area contributed by atoms with Crippen LogP contribution in [0.15, 0.2) is 30.3 Å². The predicted octanol–water partition coefficient (Wildman–Crippen LogP) is 1.15. The van der Waals surface area contributed by atoms with Crippen molar-refractivity contribution in [3.05, 3.63) is 30.3 Å². The maximum atomic E-state index is 11.1. The highest BCUT2D eigenvalue weighted by Gasteiger charge is 2.18. The minimum Gasteiger partial charge on any atom is -0.320 e. The molecule has 0 unspecified atom stereocenters. The smallest absolute Gasteiger partial charge is 0.156 e. The molecule has 0 bridgehead atoms. The Kier molecular flexibility index (Phi) is 4.00. The van der Waals surface area contributed by atoms with Crippen LogP contribution in [0.2, 0.25) is 0 Å². The van der Waals surface area contributed by atoms with Crippen LogP contribution in [-0.2, 0) is 9.59 Å². The van der Waals surface area contributed by atoms with Gasteiger partial charge in [0, 0.05) is 5.69 Å². The van der Waals surface area contributed by atoms with Crippen molar-refractivity contribution in [2.75, 3.05) is 5.43 Å². The number of hydrogen-bond acceptors (Lipinski definition) is 4. The summed E-state index contributed by atoms with van der Waals surface area (Å²) < 4.78 is 0. The number of hydrogen-bond donors (Lipinski definition) is 2. The summed E-state index contributed by atoms with van der Waals surface area (Å²) in [6, 6.07) is 8.50. The van der Waals surface area contributed by atoms with Gasteiger partial charge in [0.25, 0.3) is 0 Å². The van der Waals surface area contributed by atoms with E-state index in [1.807, 2.05) is 30.3 Å². The van der Waals surface area contributed by atoms with E-state index in [4.69, 9.17) is 0 Å². The number of rotatable bonds is 5. The Balaban J connectivity index is 2.55. The molecule has 0 spiro atoms. The Labute approximate surface area is 88.6 Å². The lowest BCUT2D eigenvalue weighted by Crippen LogP contribution is -2.44. The van der Waals surface area contributed by atoms with Crippen molar-refractivity contribution in [3.8, 4) is 0 Å². The Bertz CT molecular complexity index is 335. The van der Waals surface area contributed by atoms with E-state index in [2.05, 4.69) is 10.9 Å². The summed E-state index contributed by atoms with van der Waals surface area (Å²) in [4.78, 5) is 22.2. The lowest BCUT2D eigenvalue weighted by atomic mass is 10.1. The van der Waals surface area contributed by atoms with E-state index in [9.17, 15) is 9.59 Å². The van der Waals surface area contributed by atoms with Gasteiger partial charge in [-0.1, -0.05) is 18.2 Å². The van der Waals surface area contributed by atoms with Gasteiger partial charge >= 0.3 is 0 Å². The van der Waals surface area contributed by atoms with E-state index < -0.39 is 6.04 Å². The second-order valence-electron chi connectivity index (χ2n) is 3.29. The number of anilines is 1. The third-order valence-electron chi connectivity index (χ3n) is 1.95. The molecular weight excluding hydrogens is 192 g/mol. The van der Waals surface area contributed by atoms with Crippen LogP contribution >= 0.6 is 0 Å². The third-order valence-corrected chi connectivity index (χ3v) is 1.95.